The number of esters is 1. The second-order valence-corrected chi connectivity index (χ2v) is 6.00. The third kappa shape index (κ3) is 4.83. The first-order valence-corrected chi connectivity index (χ1v) is 8.46. The summed E-state index contributed by atoms with van der Waals surface area (Å²) in [4.78, 5) is 24.8. The quantitative estimate of drug-likeness (QED) is 0.664. The molecule has 1 amide bonds. The van der Waals surface area contributed by atoms with Gasteiger partial charge in [0.25, 0.3) is 5.91 Å². The maximum absolute atomic E-state index is 12.4. The highest BCUT2D eigenvalue weighted by Gasteiger charge is 2.21. The van der Waals surface area contributed by atoms with Gasteiger partial charge in [-0.2, -0.15) is 0 Å². The number of aryl methyl sites for hydroxylation is 2. The fourth-order valence-electron chi connectivity index (χ4n) is 2.52. The monoisotopic (exact) mass is 356 g/mol. The van der Waals surface area contributed by atoms with Gasteiger partial charge in [0, 0.05) is 17.9 Å². The molecule has 2 aromatic carbocycles. The summed E-state index contributed by atoms with van der Waals surface area (Å²) in [5.41, 5.74) is 3.47. The van der Waals surface area contributed by atoms with Crippen LogP contribution in [0.3, 0.4) is 0 Å². The lowest BCUT2D eigenvalue weighted by Gasteiger charge is -2.17. The van der Waals surface area contributed by atoms with Gasteiger partial charge in [-0.05, 0) is 44.0 Å². The number of hydrogen-bond donors (Lipinski definition) is 3. The van der Waals surface area contributed by atoms with E-state index in [1.807, 2.05) is 32.0 Å². The molecule has 26 heavy (non-hydrogen) atoms. The van der Waals surface area contributed by atoms with Crippen molar-refractivity contribution in [1.82, 2.24) is 0 Å². The van der Waals surface area contributed by atoms with E-state index in [-0.39, 0.29) is 6.61 Å². The van der Waals surface area contributed by atoms with E-state index in [0.29, 0.717) is 17.8 Å². The van der Waals surface area contributed by atoms with Gasteiger partial charge in [0.15, 0.2) is 6.10 Å². The fraction of sp³-hybridized carbons (Fsp3) is 0.300. The summed E-state index contributed by atoms with van der Waals surface area (Å²) in [6, 6.07) is 12.5. The Balaban J connectivity index is 2.06. The van der Waals surface area contributed by atoms with Gasteiger partial charge in [-0.25, -0.2) is 4.79 Å². The number of rotatable bonds is 7. The number of carbonyl (C=O) groups excluding carboxylic acids is 2. The van der Waals surface area contributed by atoms with Crippen molar-refractivity contribution in [2.45, 2.75) is 26.9 Å². The Morgan fingerprint density at radius 3 is 2.38 bits per heavy atom. The number of anilines is 2. The molecule has 0 aliphatic rings. The molecule has 0 aliphatic carbocycles. The first-order valence-electron chi connectivity index (χ1n) is 8.46. The van der Waals surface area contributed by atoms with E-state index in [9.17, 15) is 9.59 Å². The zero-order valence-corrected chi connectivity index (χ0v) is 15.2. The van der Waals surface area contributed by atoms with Crippen molar-refractivity contribution in [1.29, 1.82) is 0 Å². The molecule has 0 unspecified atom stereocenters. The lowest BCUT2D eigenvalue weighted by Crippen LogP contribution is -2.30. The van der Waals surface area contributed by atoms with E-state index in [4.69, 9.17) is 9.84 Å². The molecule has 2 rings (SSSR count). The van der Waals surface area contributed by atoms with Gasteiger partial charge >= 0.3 is 5.97 Å². The molecule has 0 aromatic heterocycles. The predicted molar refractivity (Wildman–Crippen MR) is 101 cm³/mol. The third-order valence-electron chi connectivity index (χ3n) is 3.96. The zero-order valence-electron chi connectivity index (χ0n) is 15.2. The van der Waals surface area contributed by atoms with Gasteiger partial charge in [-0.1, -0.05) is 30.3 Å². The molecule has 0 bridgehead atoms. The van der Waals surface area contributed by atoms with Crippen LogP contribution in [0, 0.1) is 13.8 Å². The van der Waals surface area contributed by atoms with Crippen molar-refractivity contribution in [2.24, 2.45) is 0 Å². The third-order valence-corrected chi connectivity index (χ3v) is 3.96. The van der Waals surface area contributed by atoms with Crippen molar-refractivity contribution in [3.05, 3.63) is 59.2 Å². The molecule has 0 spiro atoms. The molecule has 6 heteroatoms. The van der Waals surface area contributed by atoms with E-state index in [0.717, 1.165) is 16.8 Å². The van der Waals surface area contributed by atoms with Gasteiger partial charge in [-0.15, -0.1) is 0 Å². The number of benzene rings is 2. The van der Waals surface area contributed by atoms with E-state index in [1.165, 1.54) is 6.92 Å². The summed E-state index contributed by atoms with van der Waals surface area (Å²) < 4.78 is 5.32. The average Bonchev–Trinajstić information content (AvgIpc) is 2.63. The largest absolute Gasteiger partial charge is 0.449 e. The van der Waals surface area contributed by atoms with Crippen LogP contribution < -0.4 is 10.6 Å². The van der Waals surface area contributed by atoms with Crippen LogP contribution in [0.5, 0.6) is 0 Å². The molecule has 0 radical (unpaired) electrons. The molecule has 1 atom stereocenters. The lowest BCUT2D eigenvalue weighted by molar-refractivity contribution is -0.123. The first-order chi connectivity index (χ1) is 12.4. The minimum atomic E-state index is -0.951. The number of amides is 1. The van der Waals surface area contributed by atoms with Crippen LogP contribution in [-0.4, -0.2) is 36.2 Å². The second kappa shape index (κ2) is 9.01. The van der Waals surface area contributed by atoms with Gasteiger partial charge in [0.1, 0.15) is 0 Å². The molecule has 6 nitrogen and oxygen atoms in total. The summed E-state index contributed by atoms with van der Waals surface area (Å²) in [6.07, 6.45) is -0.951. The number of carbonyl (C=O) groups is 2. The van der Waals surface area contributed by atoms with Crippen LogP contribution in [0.2, 0.25) is 0 Å². The Morgan fingerprint density at radius 2 is 1.73 bits per heavy atom. The van der Waals surface area contributed by atoms with Crippen molar-refractivity contribution in [3.8, 4) is 0 Å². The molecular formula is C20H24N2O4. The Hall–Kier alpha value is -2.86. The van der Waals surface area contributed by atoms with Crippen LogP contribution in [0.15, 0.2) is 42.5 Å². The van der Waals surface area contributed by atoms with E-state index in [1.54, 1.807) is 24.3 Å². The van der Waals surface area contributed by atoms with Crippen LogP contribution in [0.25, 0.3) is 0 Å². The number of para-hydroxylation sites is 2. The number of aliphatic hydroxyl groups excluding tert-OH is 1. The summed E-state index contributed by atoms with van der Waals surface area (Å²) in [5, 5.41) is 14.7. The van der Waals surface area contributed by atoms with Crippen LogP contribution >= 0.6 is 0 Å². The highest BCUT2D eigenvalue weighted by Crippen LogP contribution is 2.21. The highest BCUT2D eigenvalue weighted by atomic mass is 16.5. The van der Waals surface area contributed by atoms with E-state index in [2.05, 4.69) is 10.6 Å². The zero-order chi connectivity index (χ0) is 19.1. The van der Waals surface area contributed by atoms with Crippen LogP contribution in [0.4, 0.5) is 11.4 Å². The maximum atomic E-state index is 12.4. The Kier molecular flexibility index (Phi) is 6.74. The van der Waals surface area contributed by atoms with Crippen LogP contribution in [0.1, 0.15) is 28.4 Å². The molecule has 0 heterocycles. The van der Waals surface area contributed by atoms with E-state index < -0.39 is 18.0 Å². The summed E-state index contributed by atoms with van der Waals surface area (Å²) in [7, 11) is 0. The topological polar surface area (TPSA) is 87.7 Å². The number of nitrogens with one attached hydrogen (secondary N) is 2. The molecule has 3 N–H and O–H groups in total. The minimum Gasteiger partial charge on any atom is -0.449 e. The molecule has 2 aromatic rings. The predicted octanol–water partition coefficient (Wildman–Crippen LogP) is 2.89. The molecule has 0 aliphatic heterocycles. The Morgan fingerprint density at radius 1 is 1.08 bits per heavy atom. The maximum Gasteiger partial charge on any atom is 0.341 e. The average molecular weight is 356 g/mol. The van der Waals surface area contributed by atoms with Crippen molar-refractivity contribution < 1.29 is 19.4 Å². The summed E-state index contributed by atoms with van der Waals surface area (Å²) in [6.45, 7) is 5.60. The fourth-order valence-corrected chi connectivity index (χ4v) is 2.52. The number of ether oxygens (including phenoxy) is 1. The normalized spacial score (nSPS) is 11.5. The molecular weight excluding hydrogens is 332 g/mol. The smallest absolute Gasteiger partial charge is 0.341 e. The minimum absolute atomic E-state index is 0.0576. The standard InChI is InChI=1S/C20H24N2O4/c1-13-7-6-8-14(2)18(13)22-19(24)15(3)26-20(25)16-9-4-5-10-17(16)21-11-12-23/h4-10,15,21,23H,11-12H2,1-3H3,(H,22,24)/t15-/m0/s1. The summed E-state index contributed by atoms with van der Waals surface area (Å²) in [5.74, 6) is -0.994. The molecule has 0 saturated carbocycles. The van der Waals surface area contributed by atoms with Crippen molar-refractivity contribution >= 4 is 23.3 Å². The number of hydrogen-bond acceptors (Lipinski definition) is 5. The van der Waals surface area contributed by atoms with Gasteiger partial charge in [0.2, 0.25) is 0 Å². The highest BCUT2D eigenvalue weighted by molar-refractivity contribution is 6.00. The number of aliphatic hydroxyl groups is 1. The molecule has 138 valence electrons. The molecule has 0 fully saturated rings. The Bertz CT molecular complexity index is 769. The van der Waals surface area contributed by atoms with Crippen molar-refractivity contribution in [3.63, 3.8) is 0 Å². The van der Waals surface area contributed by atoms with Gasteiger partial charge in [0.05, 0.1) is 12.2 Å². The Labute approximate surface area is 153 Å². The lowest BCUT2D eigenvalue weighted by atomic mass is 10.1. The van der Waals surface area contributed by atoms with Crippen LogP contribution in [-0.2, 0) is 9.53 Å². The SMILES string of the molecule is Cc1cccc(C)c1NC(=O)[C@H](C)OC(=O)c1ccccc1NCCO. The first kappa shape index (κ1) is 19.5. The van der Waals surface area contributed by atoms with Gasteiger partial charge in [-0.3, -0.25) is 4.79 Å². The second-order valence-electron chi connectivity index (χ2n) is 6.00. The van der Waals surface area contributed by atoms with E-state index >= 15 is 0 Å². The van der Waals surface area contributed by atoms with Gasteiger partial charge < -0.3 is 20.5 Å². The van der Waals surface area contributed by atoms with Crippen molar-refractivity contribution in [2.75, 3.05) is 23.8 Å². The molecule has 0 saturated heterocycles. The summed E-state index contributed by atoms with van der Waals surface area (Å²) >= 11 is 0.